The molecule has 168 valence electrons. The molecule has 0 bridgehead atoms. The normalized spacial score (nSPS) is 23.6. The number of aromatic nitrogens is 2. The fourth-order valence-electron chi connectivity index (χ4n) is 3.35. The van der Waals surface area contributed by atoms with Crippen molar-refractivity contribution in [1.82, 2.24) is 9.78 Å². The van der Waals surface area contributed by atoms with Gasteiger partial charge in [0.2, 0.25) is 0 Å². The second-order valence-corrected chi connectivity index (χ2v) is 7.73. The Bertz CT molecular complexity index is 1030. The number of benzene rings is 1. The molecule has 1 aliphatic rings. The molecule has 1 aliphatic heterocycles. The Labute approximate surface area is 184 Å². The summed E-state index contributed by atoms with van der Waals surface area (Å²) < 4.78 is 59.7. The number of hydrogen-bond donors (Lipinski definition) is 2. The van der Waals surface area contributed by atoms with E-state index in [0.29, 0.717) is 0 Å². The molecular formula is C18H17Cl2F4N5O2. The van der Waals surface area contributed by atoms with Crippen molar-refractivity contribution in [3.8, 4) is 0 Å². The predicted octanol–water partition coefficient (Wildman–Crippen LogP) is 4.67. The van der Waals surface area contributed by atoms with E-state index in [9.17, 15) is 22.4 Å². The maximum atomic E-state index is 14.4. The van der Waals surface area contributed by atoms with Crippen LogP contribution >= 0.6 is 23.2 Å². The lowest BCUT2D eigenvalue weighted by Gasteiger charge is -2.42. The summed E-state index contributed by atoms with van der Waals surface area (Å²) in [5, 5.41) is 5.49. The van der Waals surface area contributed by atoms with Crippen molar-refractivity contribution in [1.29, 1.82) is 0 Å². The summed E-state index contributed by atoms with van der Waals surface area (Å²) in [5.74, 6) is -1.75. The van der Waals surface area contributed by atoms with Crippen molar-refractivity contribution in [2.24, 2.45) is 16.6 Å². The summed E-state index contributed by atoms with van der Waals surface area (Å²) in [4.78, 5) is 16.4. The van der Waals surface area contributed by atoms with Gasteiger partial charge in [-0.25, -0.2) is 18.5 Å². The number of amidine groups is 1. The first kappa shape index (κ1) is 23.1. The molecule has 0 radical (unpaired) electrons. The highest BCUT2D eigenvalue weighted by Crippen LogP contribution is 2.47. The fourth-order valence-corrected chi connectivity index (χ4v) is 3.85. The minimum absolute atomic E-state index is 0.0317. The summed E-state index contributed by atoms with van der Waals surface area (Å²) in [5.41, 5.74) is 2.99. The van der Waals surface area contributed by atoms with E-state index in [2.05, 4.69) is 15.4 Å². The molecular weight excluding hydrogens is 465 g/mol. The monoisotopic (exact) mass is 481 g/mol. The van der Waals surface area contributed by atoms with Crippen LogP contribution in [0.1, 0.15) is 36.4 Å². The van der Waals surface area contributed by atoms with Gasteiger partial charge in [0.15, 0.2) is 11.2 Å². The third-order valence-corrected chi connectivity index (χ3v) is 5.70. The molecule has 2 heterocycles. The summed E-state index contributed by atoms with van der Waals surface area (Å²) in [6.07, 6.45) is -2.91. The first-order chi connectivity index (χ1) is 14.5. The van der Waals surface area contributed by atoms with Crippen molar-refractivity contribution in [2.45, 2.75) is 38.5 Å². The van der Waals surface area contributed by atoms with Crippen LogP contribution in [-0.2, 0) is 10.3 Å². The van der Waals surface area contributed by atoms with Crippen LogP contribution in [0, 0.1) is 5.92 Å². The third-order valence-electron chi connectivity index (χ3n) is 5.09. The topological polar surface area (TPSA) is 94.5 Å². The molecule has 3 N–H and O–H groups in total. The van der Waals surface area contributed by atoms with Crippen molar-refractivity contribution < 1.29 is 27.1 Å². The molecule has 1 aromatic carbocycles. The van der Waals surface area contributed by atoms with Gasteiger partial charge in [0.05, 0.1) is 11.2 Å². The number of carbonyl (C=O) groups excluding carboxylic acids is 1. The highest BCUT2D eigenvalue weighted by molar-refractivity contribution is 6.34. The number of amides is 1. The van der Waals surface area contributed by atoms with Crippen LogP contribution in [0.2, 0.25) is 10.0 Å². The van der Waals surface area contributed by atoms with Crippen LogP contribution in [0.3, 0.4) is 0 Å². The molecule has 0 fully saturated rings. The number of hydrogen-bond acceptors (Lipinski definition) is 5. The van der Waals surface area contributed by atoms with E-state index in [0.717, 1.165) is 6.20 Å². The number of nitrogens with two attached hydrogens (primary N) is 1. The quantitative estimate of drug-likeness (QED) is 0.606. The van der Waals surface area contributed by atoms with Crippen molar-refractivity contribution in [2.75, 3.05) is 5.32 Å². The van der Waals surface area contributed by atoms with E-state index in [1.54, 1.807) is 6.92 Å². The van der Waals surface area contributed by atoms with Crippen LogP contribution in [0.4, 0.5) is 23.2 Å². The first-order valence-corrected chi connectivity index (χ1v) is 9.67. The van der Waals surface area contributed by atoms with Gasteiger partial charge in [-0.15, -0.1) is 0 Å². The summed E-state index contributed by atoms with van der Waals surface area (Å²) in [6.45, 7) is 0.0994. The van der Waals surface area contributed by atoms with Crippen molar-refractivity contribution >= 4 is 40.8 Å². The van der Waals surface area contributed by atoms with Crippen LogP contribution < -0.4 is 11.1 Å². The van der Waals surface area contributed by atoms with Gasteiger partial charge >= 0.3 is 6.55 Å². The number of alkyl halides is 4. The molecule has 1 amide bonds. The predicted molar refractivity (Wildman–Crippen MR) is 107 cm³/mol. The summed E-state index contributed by atoms with van der Waals surface area (Å²) >= 11 is 12.0. The standard InChI is InChI=1S/C18H17Cl2F4N5O2/c1-7-8(2)31-17(25)27-18(7,15(21)22)10-5-9(3-4-11(10)19)26-14(30)13-12(20)6-29(28-13)16(23)24/h3-8,15-16H,1-2H3,(H2,25,27)(H,26,30)/t7-,8?,18-/m1/s1. The molecule has 13 heteroatoms. The Morgan fingerprint density at radius 1 is 1.26 bits per heavy atom. The Morgan fingerprint density at radius 3 is 2.52 bits per heavy atom. The van der Waals surface area contributed by atoms with Gasteiger partial charge in [-0.1, -0.05) is 30.1 Å². The number of ether oxygens (including phenoxy) is 1. The van der Waals surface area contributed by atoms with Gasteiger partial charge in [0.25, 0.3) is 18.4 Å². The van der Waals surface area contributed by atoms with E-state index < -0.39 is 48.2 Å². The summed E-state index contributed by atoms with van der Waals surface area (Å²) in [6, 6.07) is 3.45. The number of anilines is 1. The minimum atomic E-state index is -3.01. The lowest BCUT2D eigenvalue weighted by molar-refractivity contribution is -0.0347. The lowest BCUT2D eigenvalue weighted by Crippen LogP contribution is -2.51. The van der Waals surface area contributed by atoms with Crippen LogP contribution in [0.5, 0.6) is 0 Å². The Hall–Kier alpha value is -2.53. The van der Waals surface area contributed by atoms with Gasteiger partial charge in [-0.05, 0) is 25.1 Å². The summed E-state index contributed by atoms with van der Waals surface area (Å²) in [7, 11) is 0. The van der Waals surface area contributed by atoms with Crippen molar-refractivity contribution in [3.05, 3.63) is 45.7 Å². The van der Waals surface area contributed by atoms with E-state index in [1.165, 1.54) is 25.1 Å². The van der Waals surface area contributed by atoms with Crippen LogP contribution in [0.15, 0.2) is 29.4 Å². The molecule has 7 nitrogen and oxygen atoms in total. The highest BCUT2D eigenvalue weighted by Gasteiger charge is 2.53. The first-order valence-electron chi connectivity index (χ1n) is 8.91. The molecule has 0 spiro atoms. The second-order valence-electron chi connectivity index (χ2n) is 6.92. The number of nitrogens with one attached hydrogen (secondary N) is 1. The lowest BCUT2D eigenvalue weighted by atomic mass is 9.76. The number of aliphatic imine (C=N–C) groups is 1. The molecule has 1 unspecified atom stereocenters. The van der Waals surface area contributed by atoms with Gasteiger partial charge in [-0.2, -0.15) is 13.9 Å². The maximum absolute atomic E-state index is 14.4. The minimum Gasteiger partial charge on any atom is -0.462 e. The molecule has 0 aliphatic carbocycles. The van der Waals surface area contributed by atoms with Gasteiger partial charge in [-0.3, -0.25) is 4.79 Å². The smallest absolute Gasteiger partial charge is 0.333 e. The molecule has 3 rings (SSSR count). The van der Waals surface area contributed by atoms with Gasteiger partial charge in [0.1, 0.15) is 6.10 Å². The number of halogens is 6. The van der Waals surface area contributed by atoms with Gasteiger partial charge in [0, 0.05) is 22.2 Å². The van der Waals surface area contributed by atoms with E-state index in [4.69, 9.17) is 33.7 Å². The molecule has 3 atom stereocenters. The maximum Gasteiger partial charge on any atom is 0.333 e. The zero-order valence-corrected chi connectivity index (χ0v) is 17.6. The fraction of sp³-hybridized carbons (Fsp3) is 0.389. The zero-order valence-electron chi connectivity index (χ0n) is 16.1. The van der Waals surface area contributed by atoms with Crippen LogP contribution in [-0.4, -0.2) is 34.2 Å². The van der Waals surface area contributed by atoms with Crippen LogP contribution in [0.25, 0.3) is 0 Å². The number of carbonyl (C=O) groups is 1. The SMILES string of the molecule is CC1OC(N)=N[C@](c2cc(NC(=O)c3nn(C(F)F)cc3Cl)ccc2Cl)(C(F)F)[C@@H]1C. The number of nitrogens with zero attached hydrogens (tertiary/aromatic N) is 3. The van der Waals surface area contributed by atoms with E-state index in [1.807, 2.05) is 0 Å². The third kappa shape index (κ3) is 4.16. The average Bonchev–Trinajstić information content (AvgIpc) is 3.08. The molecule has 2 aromatic rings. The molecule has 0 saturated carbocycles. The Kier molecular flexibility index (Phi) is 6.38. The Morgan fingerprint density at radius 2 is 1.94 bits per heavy atom. The van der Waals surface area contributed by atoms with E-state index >= 15 is 0 Å². The largest absolute Gasteiger partial charge is 0.462 e. The molecule has 31 heavy (non-hydrogen) atoms. The Balaban J connectivity index is 2.02. The highest BCUT2D eigenvalue weighted by atomic mass is 35.5. The average molecular weight is 482 g/mol. The van der Waals surface area contributed by atoms with E-state index in [-0.39, 0.29) is 26.0 Å². The molecule has 1 aromatic heterocycles. The number of rotatable bonds is 5. The van der Waals surface area contributed by atoms with Crippen molar-refractivity contribution in [3.63, 3.8) is 0 Å². The second kappa shape index (κ2) is 8.54. The zero-order chi connectivity index (χ0) is 23.1. The van der Waals surface area contributed by atoms with Gasteiger partial charge < -0.3 is 15.8 Å². The molecule has 0 saturated heterocycles.